The molecular formula is C17H13BrCl2N4OS. The first-order chi connectivity index (χ1) is 12.5. The van der Waals surface area contributed by atoms with Crippen LogP contribution in [0.2, 0.25) is 10.0 Å². The number of thiocarbonyl (C=S) groups is 1. The van der Waals surface area contributed by atoms with Crippen LogP contribution in [0.3, 0.4) is 0 Å². The van der Waals surface area contributed by atoms with E-state index in [1.54, 1.807) is 35.3 Å². The lowest BCUT2D eigenvalue weighted by atomic mass is 10.3. The van der Waals surface area contributed by atoms with E-state index in [-0.39, 0.29) is 6.73 Å². The molecule has 0 radical (unpaired) electrons. The number of nitrogens with zero attached hydrogens (tertiary/aromatic N) is 2. The first-order valence-electron chi connectivity index (χ1n) is 7.43. The van der Waals surface area contributed by atoms with Crippen LogP contribution < -0.4 is 15.4 Å². The zero-order chi connectivity index (χ0) is 18.5. The normalized spacial score (nSPS) is 10.4. The van der Waals surface area contributed by atoms with Crippen molar-refractivity contribution in [2.75, 3.05) is 10.6 Å². The van der Waals surface area contributed by atoms with E-state index in [4.69, 9.17) is 40.2 Å². The number of hydrogen-bond donors (Lipinski definition) is 2. The first kappa shape index (κ1) is 19.0. The summed E-state index contributed by atoms with van der Waals surface area (Å²) in [6.07, 6.45) is 3.44. The molecule has 0 aliphatic heterocycles. The Balaban J connectivity index is 1.55. The molecule has 0 bridgehead atoms. The quantitative estimate of drug-likeness (QED) is 0.460. The Hall–Kier alpha value is -1.80. The van der Waals surface area contributed by atoms with Gasteiger partial charge in [0.05, 0.1) is 28.8 Å². The fourth-order valence-corrected chi connectivity index (χ4v) is 2.88. The zero-order valence-electron chi connectivity index (χ0n) is 13.2. The fourth-order valence-electron chi connectivity index (χ4n) is 2.05. The number of aromatic nitrogens is 2. The monoisotopic (exact) mass is 470 g/mol. The van der Waals surface area contributed by atoms with Gasteiger partial charge >= 0.3 is 0 Å². The predicted octanol–water partition coefficient (Wildman–Crippen LogP) is 5.80. The molecule has 3 rings (SSSR count). The van der Waals surface area contributed by atoms with Crippen molar-refractivity contribution in [2.45, 2.75) is 6.73 Å². The Kier molecular flexibility index (Phi) is 6.37. The number of benzene rings is 2. The Labute approximate surface area is 174 Å². The molecule has 0 fully saturated rings. The summed E-state index contributed by atoms with van der Waals surface area (Å²) >= 11 is 20.7. The lowest BCUT2D eigenvalue weighted by Gasteiger charge is -2.10. The van der Waals surface area contributed by atoms with Gasteiger partial charge in [0.1, 0.15) is 5.75 Å². The SMILES string of the molecule is S=C(Nc1cnn(COc2ccc(Br)cc2)c1)Nc1cc(Cl)ccc1Cl. The second-order valence-electron chi connectivity index (χ2n) is 5.20. The van der Waals surface area contributed by atoms with Crippen LogP contribution in [0.25, 0.3) is 0 Å². The molecule has 0 saturated heterocycles. The average Bonchev–Trinajstić information content (AvgIpc) is 3.05. The summed E-state index contributed by atoms with van der Waals surface area (Å²) in [6, 6.07) is 12.7. The highest BCUT2D eigenvalue weighted by molar-refractivity contribution is 9.10. The molecule has 0 atom stereocenters. The Morgan fingerprint density at radius 1 is 1.15 bits per heavy atom. The van der Waals surface area contributed by atoms with Crippen LogP contribution >= 0.6 is 51.3 Å². The number of halogens is 3. The van der Waals surface area contributed by atoms with Gasteiger partial charge in [0.2, 0.25) is 0 Å². The van der Waals surface area contributed by atoms with E-state index >= 15 is 0 Å². The maximum atomic E-state index is 6.11. The summed E-state index contributed by atoms with van der Waals surface area (Å²) in [5.74, 6) is 0.756. The van der Waals surface area contributed by atoms with Gasteiger partial charge in [-0.25, -0.2) is 4.68 Å². The predicted molar refractivity (Wildman–Crippen MR) is 113 cm³/mol. The van der Waals surface area contributed by atoms with Gasteiger partial charge in [-0.3, -0.25) is 0 Å². The van der Waals surface area contributed by atoms with Crippen molar-refractivity contribution in [1.29, 1.82) is 0 Å². The largest absolute Gasteiger partial charge is 0.471 e. The molecule has 0 aliphatic rings. The Bertz CT molecular complexity index is 917. The van der Waals surface area contributed by atoms with Gasteiger partial charge in [-0.1, -0.05) is 39.1 Å². The molecule has 1 aromatic heterocycles. The molecule has 2 aromatic carbocycles. The van der Waals surface area contributed by atoms with Gasteiger partial charge in [0.15, 0.2) is 11.8 Å². The van der Waals surface area contributed by atoms with Gasteiger partial charge in [-0.15, -0.1) is 0 Å². The highest BCUT2D eigenvalue weighted by Crippen LogP contribution is 2.25. The first-order valence-corrected chi connectivity index (χ1v) is 9.39. The molecule has 5 nitrogen and oxygen atoms in total. The lowest BCUT2D eigenvalue weighted by Crippen LogP contribution is -2.19. The van der Waals surface area contributed by atoms with Crippen molar-refractivity contribution < 1.29 is 4.74 Å². The lowest BCUT2D eigenvalue weighted by molar-refractivity contribution is 0.221. The van der Waals surface area contributed by atoms with Crippen LogP contribution in [0.5, 0.6) is 5.75 Å². The third-order valence-corrected chi connectivity index (χ3v) is 4.54. The summed E-state index contributed by atoms with van der Waals surface area (Å²) in [5, 5.41) is 11.7. The Morgan fingerprint density at radius 2 is 1.92 bits per heavy atom. The number of nitrogens with one attached hydrogen (secondary N) is 2. The third-order valence-electron chi connectivity index (χ3n) is 3.24. The highest BCUT2D eigenvalue weighted by atomic mass is 79.9. The molecule has 1 heterocycles. The highest BCUT2D eigenvalue weighted by Gasteiger charge is 2.06. The van der Waals surface area contributed by atoms with Crippen molar-refractivity contribution >= 4 is 67.8 Å². The van der Waals surface area contributed by atoms with E-state index in [0.717, 1.165) is 15.9 Å². The summed E-state index contributed by atoms with van der Waals surface area (Å²) in [4.78, 5) is 0. The molecule has 2 N–H and O–H groups in total. The van der Waals surface area contributed by atoms with Crippen LogP contribution in [0.1, 0.15) is 0 Å². The molecule has 0 unspecified atom stereocenters. The van der Waals surface area contributed by atoms with Crippen LogP contribution in [0.4, 0.5) is 11.4 Å². The topological polar surface area (TPSA) is 51.1 Å². The van der Waals surface area contributed by atoms with Crippen molar-refractivity contribution in [3.63, 3.8) is 0 Å². The molecule has 0 amide bonds. The third kappa shape index (κ3) is 5.35. The van der Waals surface area contributed by atoms with Gasteiger partial charge in [0.25, 0.3) is 0 Å². The maximum absolute atomic E-state index is 6.11. The molecule has 26 heavy (non-hydrogen) atoms. The van der Waals surface area contributed by atoms with Crippen molar-refractivity contribution in [3.8, 4) is 5.75 Å². The Morgan fingerprint density at radius 3 is 2.69 bits per heavy atom. The van der Waals surface area contributed by atoms with Crippen molar-refractivity contribution in [2.24, 2.45) is 0 Å². The van der Waals surface area contributed by atoms with E-state index in [2.05, 4.69) is 31.7 Å². The van der Waals surface area contributed by atoms with E-state index in [0.29, 0.717) is 20.8 Å². The summed E-state index contributed by atoms with van der Waals surface area (Å²) in [5.41, 5.74) is 1.35. The van der Waals surface area contributed by atoms with Crippen molar-refractivity contribution in [1.82, 2.24) is 9.78 Å². The minimum absolute atomic E-state index is 0.281. The standard InChI is InChI=1S/C17H13BrCl2N4OS/c18-11-1-4-14(5-2-11)25-10-24-9-13(8-21-24)22-17(26)23-16-7-12(19)3-6-15(16)20/h1-9H,10H2,(H2,22,23,26). The summed E-state index contributed by atoms with van der Waals surface area (Å²) in [6.45, 7) is 0.281. The molecular weight excluding hydrogens is 459 g/mol. The molecule has 0 aliphatic carbocycles. The number of hydrogen-bond acceptors (Lipinski definition) is 3. The van der Waals surface area contributed by atoms with Crippen molar-refractivity contribution in [3.05, 3.63) is 69.4 Å². The van der Waals surface area contributed by atoms with Crippen LogP contribution in [-0.4, -0.2) is 14.9 Å². The summed E-state index contributed by atoms with van der Waals surface area (Å²) in [7, 11) is 0. The van der Waals surface area contributed by atoms with Gasteiger partial charge in [0, 0.05) is 9.50 Å². The minimum Gasteiger partial charge on any atom is -0.471 e. The maximum Gasteiger partial charge on any atom is 0.180 e. The van der Waals surface area contributed by atoms with E-state index in [1.165, 1.54) is 0 Å². The van der Waals surface area contributed by atoms with Crippen LogP contribution in [0, 0.1) is 0 Å². The second kappa shape index (κ2) is 8.73. The van der Waals surface area contributed by atoms with Crippen LogP contribution in [0.15, 0.2) is 59.3 Å². The number of anilines is 2. The molecule has 0 spiro atoms. The number of rotatable bonds is 5. The summed E-state index contributed by atoms with van der Waals surface area (Å²) < 4.78 is 8.31. The van der Waals surface area contributed by atoms with Crippen LogP contribution in [-0.2, 0) is 6.73 Å². The number of ether oxygens (including phenoxy) is 1. The minimum atomic E-state index is 0.281. The molecule has 0 saturated carbocycles. The smallest absolute Gasteiger partial charge is 0.180 e. The van der Waals surface area contributed by atoms with Gasteiger partial charge in [-0.05, 0) is 54.7 Å². The molecule has 3 aromatic rings. The van der Waals surface area contributed by atoms with E-state index < -0.39 is 0 Å². The van der Waals surface area contributed by atoms with Gasteiger partial charge < -0.3 is 15.4 Å². The average molecular weight is 472 g/mol. The zero-order valence-corrected chi connectivity index (χ0v) is 17.2. The fraction of sp³-hybridized carbons (Fsp3) is 0.0588. The molecule has 134 valence electrons. The van der Waals surface area contributed by atoms with E-state index in [1.807, 2.05) is 24.3 Å². The van der Waals surface area contributed by atoms with Gasteiger partial charge in [-0.2, -0.15) is 5.10 Å². The van der Waals surface area contributed by atoms with E-state index in [9.17, 15) is 0 Å². The molecule has 9 heteroatoms. The second-order valence-corrected chi connectivity index (χ2v) is 7.37.